The molecule has 1 amide bonds. The van der Waals surface area contributed by atoms with Gasteiger partial charge in [0.1, 0.15) is 0 Å². The second-order valence-corrected chi connectivity index (χ2v) is 5.86. The number of amides is 1. The number of aryl methyl sites for hydroxylation is 2. The highest BCUT2D eigenvalue weighted by molar-refractivity contribution is 7.99. The molecule has 1 atom stereocenters. The molecule has 0 aliphatic carbocycles. The number of piperazine rings is 1. The van der Waals surface area contributed by atoms with Gasteiger partial charge in [0.2, 0.25) is 5.91 Å². The van der Waals surface area contributed by atoms with Gasteiger partial charge >= 0.3 is 0 Å². The zero-order chi connectivity index (χ0) is 13.8. The molecule has 0 saturated carbocycles. The fourth-order valence-electron chi connectivity index (χ4n) is 2.13. The number of hydrogen-bond donors (Lipinski definition) is 1. The van der Waals surface area contributed by atoms with Crippen molar-refractivity contribution in [1.82, 2.24) is 20.2 Å². The monoisotopic (exact) mass is 316 g/mol. The largest absolute Gasteiger partial charge is 0.339 e. The van der Waals surface area contributed by atoms with Gasteiger partial charge in [-0.2, -0.15) is 0 Å². The van der Waals surface area contributed by atoms with Gasteiger partial charge in [-0.15, -0.1) is 12.4 Å². The summed E-state index contributed by atoms with van der Waals surface area (Å²) in [7, 11) is 0. The first-order valence-electron chi connectivity index (χ1n) is 6.51. The van der Waals surface area contributed by atoms with E-state index in [1.807, 2.05) is 24.8 Å². The van der Waals surface area contributed by atoms with Gasteiger partial charge in [-0.1, -0.05) is 11.8 Å². The van der Waals surface area contributed by atoms with Crippen LogP contribution in [0.1, 0.15) is 18.3 Å². The third kappa shape index (κ3) is 4.92. The number of nitrogens with zero attached hydrogens (tertiary/aromatic N) is 3. The first-order chi connectivity index (χ1) is 9.04. The van der Waals surface area contributed by atoms with Crippen LogP contribution in [0.25, 0.3) is 0 Å². The number of aromatic nitrogens is 2. The fraction of sp³-hybridized carbons (Fsp3) is 0.615. The van der Waals surface area contributed by atoms with Crippen molar-refractivity contribution in [2.24, 2.45) is 0 Å². The molecule has 2 heterocycles. The Labute approximate surface area is 130 Å². The summed E-state index contributed by atoms with van der Waals surface area (Å²) in [6, 6.07) is 2.31. The molecule has 2 rings (SSSR count). The average molecular weight is 317 g/mol. The van der Waals surface area contributed by atoms with Crippen molar-refractivity contribution in [2.75, 3.05) is 25.4 Å². The van der Waals surface area contributed by atoms with E-state index in [-0.39, 0.29) is 18.3 Å². The molecule has 5 nitrogen and oxygen atoms in total. The molecule has 1 fully saturated rings. The van der Waals surface area contributed by atoms with E-state index in [0.29, 0.717) is 17.0 Å². The van der Waals surface area contributed by atoms with E-state index in [1.165, 1.54) is 11.8 Å². The van der Waals surface area contributed by atoms with Crippen LogP contribution in [0.15, 0.2) is 11.2 Å². The highest BCUT2D eigenvalue weighted by Crippen LogP contribution is 2.15. The Morgan fingerprint density at radius 1 is 1.45 bits per heavy atom. The van der Waals surface area contributed by atoms with E-state index >= 15 is 0 Å². The summed E-state index contributed by atoms with van der Waals surface area (Å²) in [5.41, 5.74) is 1.89. The van der Waals surface area contributed by atoms with Crippen LogP contribution < -0.4 is 5.32 Å². The van der Waals surface area contributed by atoms with E-state index in [0.717, 1.165) is 31.0 Å². The van der Waals surface area contributed by atoms with Gasteiger partial charge in [0.05, 0.1) is 5.75 Å². The van der Waals surface area contributed by atoms with Gasteiger partial charge in [0.15, 0.2) is 5.16 Å². The number of thioether (sulfide) groups is 1. The molecule has 0 bridgehead atoms. The van der Waals surface area contributed by atoms with Crippen molar-refractivity contribution in [3.8, 4) is 0 Å². The van der Waals surface area contributed by atoms with E-state index in [4.69, 9.17) is 0 Å². The van der Waals surface area contributed by atoms with Crippen LogP contribution in [0.2, 0.25) is 0 Å². The molecule has 0 aromatic carbocycles. The summed E-state index contributed by atoms with van der Waals surface area (Å²) in [5.74, 6) is 0.580. The molecule has 1 aliphatic heterocycles. The number of rotatable bonds is 3. The summed E-state index contributed by atoms with van der Waals surface area (Å²) >= 11 is 1.42. The van der Waals surface area contributed by atoms with Gasteiger partial charge < -0.3 is 10.2 Å². The fourth-order valence-corrected chi connectivity index (χ4v) is 2.99. The molecular formula is C13H21ClN4OS. The van der Waals surface area contributed by atoms with Gasteiger partial charge in [-0.3, -0.25) is 4.79 Å². The molecule has 1 aliphatic rings. The lowest BCUT2D eigenvalue weighted by atomic mass is 10.2. The van der Waals surface area contributed by atoms with Crippen molar-refractivity contribution < 1.29 is 4.79 Å². The molecule has 1 aromatic heterocycles. The van der Waals surface area contributed by atoms with E-state index in [9.17, 15) is 4.79 Å². The Balaban J connectivity index is 0.00000200. The third-order valence-corrected chi connectivity index (χ3v) is 3.84. The van der Waals surface area contributed by atoms with Crippen molar-refractivity contribution in [3.63, 3.8) is 0 Å². The molecule has 112 valence electrons. The molecule has 7 heteroatoms. The Kier molecular flexibility index (Phi) is 6.71. The summed E-state index contributed by atoms with van der Waals surface area (Å²) in [6.07, 6.45) is 0. The van der Waals surface area contributed by atoms with Gasteiger partial charge in [-0.05, 0) is 26.8 Å². The number of halogens is 1. The molecule has 1 aromatic rings. The van der Waals surface area contributed by atoms with Crippen LogP contribution >= 0.6 is 24.2 Å². The highest BCUT2D eigenvalue weighted by atomic mass is 35.5. The lowest BCUT2D eigenvalue weighted by Gasteiger charge is -2.31. The van der Waals surface area contributed by atoms with Crippen molar-refractivity contribution >= 4 is 30.1 Å². The number of carbonyl (C=O) groups excluding carboxylic acids is 1. The number of hydrogen-bond acceptors (Lipinski definition) is 5. The lowest BCUT2D eigenvalue weighted by molar-refractivity contribution is -0.129. The second kappa shape index (κ2) is 7.81. The molecule has 1 N–H and O–H groups in total. The smallest absolute Gasteiger partial charge is 0.233 e. The summed E-state index contributed by atoms with van der Waals surface area (Å²) in [4.78, 5) is 22.7. The van der Waals surface area contributed by atoms with Crippen molar-refractivity contribution in [1.29, 1.82) is 0 Å². The summed E-state index contributed by atoms with van der Waals surface area (Å²) < 4.78 is 0. The minimum Gasteiger partial charge on any atom is -0.339 e. The van der Waals surface area contributed by atoms with Crippen molar-refractivity contribution in [3.05, 3.63) is 17.5 Å². The van der Waals surface area contributed by atoms with Crippen LogP contribution in [0, 0.1) is 13.8 Å². The summed E-state index contributed by atoms with van der Waals surface area (Å²) in [6.45, 7) is 8.43. The van der Waals surface area contributed by atoms with Crippen LogP contribution in [-0.2, 0) is 4.79 Å². The quantitative estimate of drug-likeness (QED) is 0.675. The number of carbonyl (C=O) groups is 1. The first-order valence-corrected chi connectivity index (χ1v) is 7.49. The van der Waals surface area contributed by atoms with E-state index in [1.54, 1.807) is 0 Å². The maximum Gasteiger partial charge on any atom is 0.233 e. The second-order valence-electron chi connectivity index (χ2n) is 4.92. The first kappa shape index (κ1) is 17.2. The minimum atomic E-state index is 0. The highest BCUT2D eigenvalue weighted by Gasteiger charge is 2.20. The zero-order valence-electron chi connectivity index (χ0n) is 12.0. The predicted molar refractivity (Wildman–Crippen MR) is 83.5 cm³/mol. The van der Waals surface area contributed by atoms with Gasteiger partial charge in [0.25, 0.3) is 0 Å². The van der Waals surface area contributed by atoms with Crippen LogP contribution in [0.5, 0.6) is 0 Å². The Hall–Kier alpha value is -0.850. The molecule has 0 spiro atoms. The Morgan fingerprint density at radius 3 is 2.70 bits per heavy atom. The van der Waals surface area contributed by atoms with Crippen molar-refractivity contribution in [2.45, 2.75) is 32.0 Å². The van der Waals surface area contributed by atoms with Crippen LogP contribution in [0.4, 0.5) is 0 Å². The normalized spacial score (nSPS) is 18.6. The average Bonchev–Trinajstić information content (AvgIpc) is 2.35. The topological polar surface area (TPSA) is 58.1 Å². The Morgan fingerprint density at radius 2 is 2.10 bits per heavy atom. The zero-order valence-corrected chi connectivity index (χ0v) is 13.7. The maximum atomic E-state index is 12.1. The SMILES string of the molecule is Cc1cc(C)nc(SCC(=O)N2CCNC(C)C2)n1.Cl. The maximum absolute atomic E-state index is 12.1. The lowest BCUT2D eigenvalue weighted by Crippen LogP contribution is -2.51. The van der Waals surface area contributed by atoms with Crippen LogP contribution in [0.3, 0.4) is 0 Å². The van der Waals surface area contributed by atoms with Crippen LogP contribution in [-0.4, -0.2) is 52.2 Å². The standard InChI is InChI=1S/C13H20N4OS.ClH/c1-9-6-10(2)16-13(15-9)19-8-12(18)17-5-4-14-11(3)7-17;/h6,11,14H,4-5,7-8H2,1-3H3;1H. The summed E-state index contributed by atoms with van der Waals surface area (Å²) in [5, 5.41) is 4.02. The number of nitrogens with one attached hydrogen (secondary N) is 1. The molecule has 1 saturated heterocycles. The molecule has 1 unspecified atom stereocenters. The molecular weight excluding hydrogens is 296 g/mol. The van der Waals surface area contributed by atoms with Gasteiger partial charge in [0, 0.05) is 37.1 Å². The third-order valence-electron chi connectivity index (χ3n) is 3.01. The van der Waals surface area contributed by atoms with E-state index < -0.39 is 0 Å². The van der Waals surface area contributed by atoms with Gasteiger partial charge in [-0.25, -0.2) is 9.97 Å². The molecule has 0 radical (unpaired) electrons. The van der Waals surface area contributed by atoms with E-state index in [2.05, 4.69) is 22.2 Å². The Bertz CT molecular complexity index is 451. The predicted octanol–water partition coefficient (Wildman–Crippen LogP) is 1.43. The molecule has 20 heavy (non-hydrogen) atoms. The minimum absolute atomic E-state index is 0.